The van der Waals surface area contributed by atoms with Gasteiger partial charge < -0.3 is 15.0 Å². The molecule has 9 heteroatoms. The highest BCUT2D eigenvalue weighted by Crippen LogP contribution is 2.36. The third kappa shape index (κ3) is 6.45. The van der Waals surface area contributed by atoms with Crippen molar-refractivity contribution in [3.8, 4) is 0 Å². The average Bonchev–Trinajstić information content (AvgIpc) is 3.22. The van der Waals surface area contributed by atoms with Crippen molar-refractivity contribution in [2.24, 2.45) is 13.0 Å². The molecule has 1 atom stereocenters. The Labute approximate surface area is 231 Å². The third-order valence-electron chi connectivity index (χ3n) is 8.74. The second kappa shape index (κ2) is 11.3. The average molecular weight is 538 g/mol. The molecule has 1 unspecified atom stereocenters. The van der Waals surface area contributed by atoms with Crippen LogP contribution in [0.1, 0.15) is 95.2 Å². The number of benzene rings is 1. The molecule has 1 aliphatic carbocycles. The first-order valence-corrected chi connectivity index (χ1v) is 14.6. The van der Waals surface area contributed by atoms with Gasteiger partial charge in [0.05, 0.1) is 17.1 Å². The summed E-state index contributed by atoms with van der Waals surface area (Å²) in [6.45, 7) is 8.59. The van der Waals surface area contributed by atoms with Gasteiger partial charge in [-0.25, -0.2) is 4.79 Å². The topological polar surface area (TPSA) is 106 Å². The molecule has 1 saturated carbocycles. The maximum Gasteiger partial charge on any atom is 0.407 e. The molecule has 3 fully saturated rings. The standard InChI is InChI=1S/C30H43N5O4/c1-30(2,3)39-29(38)31-18-19-5-8-22(9-6-19)35-15-13-20(14-16-35)21-7-10-23-25(17-21)34(4)33-27(23)24-11-12-26(36)32-28(24)37/h7,10,17,19-20,22,24H,5-6,8-9,11-16,18H2,1-4H3,(H,31,38)(H,32,36,37)/t19-,22-,24?. The van der Waals surface area contributed by atoms with E-state index in [4.69, 9.17) is 9.84 Å². The van der Waals surface area contributed by atoms with Gasteiger partial charge in [0.25, 0.3) is 0 Å². The molecule has 1 aromatic heterocycles. The summed E-state index contributed by atoms with van der Waals surface area (Å²) in [6, 6.07) is 7.22. The number of alkyl carbamates (subject to hydrolysis) is 1. The Bertz CT molecular complexity index is 1220. The normalized spacial score (nSPS) is 25.5. The summed E-state index contributed by atoms with van der Waals surface area (Å²) in [6.07, 6.45) is 7.51. The van der Waals surface area contributed by atoms with Gasteiger partial charge in [-0.1, -0.05) is 12.1 Å². The highest BCUT2D eigenvalue weighted by molar-refractivity contribution is 6.02. The quantitative estimate of drug-likeness (QED) is 0.549. The Balaban J connectivity index is 1.13. The van der Waals surface area contributed by atoms with Gasteiger partial charge in [0.15, 0.2) is 0 Å². The van der Waals surface area contributed by atoms with Crippen molar-refractivity contribution >= 4 is 28.8 Å². The molecule has 2 N–H and O–H groups in total. The number of carbonyl (C=O) groups excluding carboxylic acids is 3. The zero-order valence-electron chi connectivity index (χ0n) is 23.8. The number of nitrogens with zero attached hydrogens (tertiary/aromatic N) is 3. The number of piperidine rings is 2. The molecular formula is C30H43N5O4. The monoisotopic (exact) mass is 537 g/mol. The molecule has 0 bridgehead atoms. The number of amides is 3. The molecule has 5 rings (SSSR count). The largest absolute Gasteiger partial charge is 0.444 e. The molecule has 3 aliphatic rings. The van der Waals surface area contributed by atoms with E-state index in [2.05, 4.69) is 33.7 Å². The molecule has 2 aliphatic heterocycles. The van der Waals surface area contributed by atoms with E-state index in [0.29, 0.717) is 37.3 Å². The number of fused-ring (bicyclic) bond motifs is 1. The molecule has 1 aromatic carbocycles. The van der Waals surface area contributed by atoms with Gasteiger partial charge >= 0.3 is 6.09 Å². The van der Waals surface area contributed by atoms with Crippen LogP contribution in [0.15, 0.2) is 18.2 Å². The number of aryl methyl sites for hydroxylation is 1. The Kier molecular flexibility index (Phi) is 7.99. The van der Waals surface area contributed by atoms with Crippen LogP contribution in [0.25, 0.3) is 10.9 Å². The summed E-state index contributed by atoms with van der Waals surface area (Å²) in [5.41, 5.74) is 2.71. The van der Waals surface area contributed by atoms with Crippen LogP contribution in [0.3, 0.4) is 0 Å². The molecule has 0 spiro atoms. The summed E-state index contributed by atoms with van der Waals surface area (Å²) in [5, 5.41) is 11.1. The van der Waals surface area contributed by atoms with Crippen LogP contribution in [-0.4, -0.2) is 63.9 Å². The van der Waals surface area contributed by atoms with Crippen molar-refractivity contribution in [1.82, 2.24) is 25.3 Å². The number of aromatic nitrogens is 2. The highest BCUT2D eigenvalue weighted by Gasteiger charge is 2.33. The summed E-state index contributed by atoms with van der Waals surface area (Å²) < 4.78 is 7.25. The van der Waals surface area contributed by atoms with Crippen molar-refractivity contribution in [3.05, 3.63) is 29.5 Å². The fraction of sp³-hybridized carbons (Fsp3) is 0.667. The van der Waals surface area contributed by atoms with E-state index in [1.54, 1.807) is 0 Å². The first-order chi connectivity index (χ1) is 18.6. The van der Waals surface area contributed by atoms with E-state index in [1.807, 2.05) is 32.5 Å². The lowest BCUT2D eigenvalue weighted by Gasteiger charge is -2.41. The predicted molar refractivity (Wildman–Crippen MR) is 149 cm³/mol. The van der Waals surface area contributed by atoms with Crippen LogP contribution in [0.4, 0.5) is 4.79 Å². The second-order valence-electron chi connectivity index (χ2n) is 12.7. The van der Waals surface area contributed by atoms with Gasteiger partial charge in [-0.3, -0.25) is 19.6 Å². The van der Waals surface area contributed by atoms with Crippen LogP contribution in [0, 0.1) is 5.92 Å². The summed E-state index contributed by atoms with van der Waals surface area (Å²) >= 11 is 0. The van der Waals surface area contributed by atoms with Crippen LogP contribution >= 0.6 is 0 Å². The number of hydrogen-bond donors (Lipinski definition) is 2. The van der Waals surface area contributed by atoms with E-state index in [1.165, 1.54) is 18.4 Å². The number of hydrogen-bond acceptors (Lipinski definition) is 6. The van der Waals surface area contributed by atoms with Gasteiger partial charge in [0, 0.05) is 31.4 Å². The second-order valence-corrected chi connectivity index (χ2v) is 12.7. The Hall–Kier alpha value is -2.94. The molecule has 0 radical (unpaired) electrons. The van der Waals surface area contributed by atoms with E-state index in [9.17, 15) is 14.4 Å². The van der Waals surface area contributed by atoms with E-state index in [-0.39, 0.29) is 23.8 Å². The van der Waals surface area contributed by atoms with Crippen LogP contribution in [0.5, 0.6) is 0 Å². The minimum atomic E-state index is -0.462. The number of nitrogens with one attached hydrogen (secondary N) is 2. The van der Waals surface area contributed by atoms with Crippen molar-refractivity contribution < 1.29 is 19.1 Å². The SMILES string of the molecule is Cn1nc(C2CCC(=O)NC2=O)c2ccc(C3CCN([C@H]4CC[C@H](CNC(=O)OC(C)(C)C)CC4)CC3)cc21. The van der Waals surface area contributed by atoms with Gasteiger partial charge in [-0.2, -0.15) is 5.10 Å². The molecule has 3 amide bonds. The molecule has 2 aromatic rings. The number of imide groups is 1. The molecule has 212 valence electrons. The summed E-state index contributed by atoms with van der Waals surface area (Å²) in [5.74, 6) is 0.240. The summed E-state index contributed by atoms with van der Waals surface area (Å²) in [4.78, 5) is 38.7. The maximum absolute atomic E-state index is 12.4. The van der Waals surface area contributed by atoms with Crippen molar-refractivity contribution in [1.29, 1.82) is 0 Å². The highest BCUT2D eigenvalue weighted by atomic mass is 16.6. The Morgan fingerprint density at radius 1 is 1.08 bits per heavy atom. The van der Waals surface area contributed by atoms with Crippen molar-refractivity contribution in [3.63, 3.8) is 0 Å². The molecular weight excluding hydrogens is 494 g/mol. The van der Waals surface area contributed by atoms with Gasteiger partial charge in [-0.05, 0) is 102 Å². The molecule has 2 saturated heterocycles. The first-order valence-electron chi connectivity index (χ1n) is 14.6. The fourth-order valence-corrected chi connectivity index (χ4v) is 6.62. The lowest BCUT2D eigenvalue weighted by atomic mass is 9.83. The number of likely N-dealkylation sites (tertiary alicyclic amines) is 1. The number of ether oxygens (including phenoxy) is 1. The molecule has 39 heavy (non-hydrogen) atoms. The zero-order valence-corrected chi connectivity index (χ0v) is 23.8. The van der Waals surface area contributed by atoms with Gasteiger partial charge in [0.1, 0.15) is 5.60 Å². The van der Waals surface area contributed by atoms with Gasteiger partial charge in [0.2, 0.25) is 11.8 Å². The van der Waals surface area contributed by atoms with E-state index < -0.39 is 5.60 Å². The lowest BCUT2D eigenvalue weighted by Crippen LogP contribution is -2.44. The van der Waals surface area contributed by atoms with E-state index in [0.717, 1.165) is 55.4 Å². The molecule has 9 nitrogen and oxygen atoms in total. The summed E-state index contributed by atoms with van der Waals surface area (Å²) in [7, 11) is 1.93. The molecule has 3 heterocycles. The smallest absolute Gasteiger partial charge is 0.407 e. The van der Waals surface area contributed by atoms with Crippen molar-refractivity contribution in [2.75, 3.05) is 19.6 Å². The van der Waals surface area contributed by atoms with Crippen LogP contribution < -0.4 is 10.6 Å². The zero-order chi connectivity index (χ0) is 27.7. The Morgan fingerprint density at radius 3 is 2.46 bits per heavy atom. The predicted octanol–water partition coefficient (Wildman–Crippen LogP) is 4.36. The maximum atomic E-state index is 12.4. The first kappa shape index (κ1) is 27.6. The van der Waals surface area contributed by atoms with E-state index >= 15 is 0 Å². The van der Waals surface area contributed by atoms with Crippen LogP contribution in [-0.2, 0) is 21.4 Å². The van der Waals surface area contributed by atoms with Crippen molar-refractivity contribution in [2.45, 2.75) is 95.6 Å². The lowest BCUT2D eigenvalue weighted by molar-refractivity contribution is -0.134. The fourth-order valence-electron chi connectivity index (χ4n) is 6.62. The number of rotatable bonds is 5. The van der Waals surface area contributed by atoms with Gasteiger partial charge in [-0.15, -0.1) is 0 Å². The minimum absolute atomic E-state index is 0.201. The number of carbonyl (C=O) groups is 3. The third-order valence-corrected chi connectivity index (χ3v) is 8.74. The van der Waals surface area contributed by atoms with Crippen LogP contribution in [0.2, 0.25) is 0 Å². The minimum Gasteiger partial charge on any atom is -0.444 e. The Morgan fingerprint density at radius 2 is 1.79 bits per heavy atom.